The number of aromatic amines is 1. The largest absolute Gasteiger partial charge is 0.320 e. The quantitative estimate of drug-likeness (QED) is 0.625. The van der Waals surface area contributed by atoms with Gasteiger partial charge in [0.2, 0.25) is 0 Å². The van der Waals surface area contributed by atoms with E-state index < -0.39 is 5.56 Å². The summed E-state index contributed by atoms with van der Waals surface area (Å²) in [6.07, 6.45) is 0. The molecule has 17 heavy (non-hydrogen) atoms. The van der Waals surface area contributed by atoms with E-state index in [1.165, 1.54) is 6.07 Å². The van der Waals surface area contributed by atoms with Gasteiger partial charge in [0, 0.05) is 16.7 Å². The molecule has 80 valence electrons. The highest BCUT2D eigenvalue weighted by atomic mass is 16.1. The normalized spacial score (nSPS) is 11.8. The zero-order chi connectivity index (χ0) is 12.0. The molecule has 1 aliphatic rings. The maximum atomic E-state index is 12.0. The van der Waals surface area contributed by atoms with Gasteiger partial charge in [0.15, 0.2) is 5.78 Å². The van der Waals surface area contributed by atoms with Crippen LogP contribution in [-0.2, 0) is 0 Å². The molecule has 0 fully saturated rings. The molecule has 0 radical (unpaired) electrons. The number of carbonyl (C=O) groups excluding carboxylic acids is 1. The van der Waals surface area contributed by atoms with E-state index in [0.717, 1.165) is 0 Å². The number of benzene rings is 1. The maximum Gasteiger partial charge on any atom is 0.266 e. The van der Waals surface area contributed by atoms with Crippen molar-refractivity contribution in [2.45, 2.75) is 0 Å². The summed E-state index contributed by atoms with van der Waals surface area (Å²) >= 11 is 0. The van der Waals surface area contributed by atoms with Crippen LogP contribution in [-0.4, -0.2) is 10.8 Å². The summed E-state index contributed by atoms with van der Waals surface area (Å²) in [5.41, 5.74) is 1.68. The van der Waals surface area contributed by atoms with E-state index in [4.69, 9.17) is 5.26 Å². The molecule has 3 rings (SSSR count). The van der Waals surface area contributed by atoms with Crippen LogP contribution in [0.5, 0.6) is 0 Å². The van der Waals surface area contributed by atoms with Crippen molar-refractivity contribution in [1.82, 2.24) is 4.98 Å². The SMILES string of the molecule is N#Cc1cc2c([nH]c1=O)-c1ccccc1C2=O. The Hall–Kier alpha value is -2.67. The predicted molar refractivity (Wildman–Crippen MR) is 60.6 cm³/mol. The molecule has 1 aromatic heterocycles. The second kappa shape index (κ2) is 3.16. The first-order chi connectivity index (χ1) is 8.22. The molecular weight excluding hydrogens is 216 g/mol. The number of pyridine rings is 1. The first-order valence-corrected chi connectivity index (χ1v) is 5.04. The van der Waals surface area contributed by atoms with Gasteiger partial charge in [-0.05, 0) is 6.07 Å². The minimum Gasteiger partial charge on any atom is -0.320 e. The first kappa shape index (κ1) is 9.55. The van der Waals surface area contributed by atoms with Crippen LogP contribution in [0.1, 0.15) is 21.5 Å². The minimum absolute atomic E-state index is 0.0371. The van der Waals surface area contributed by atoms with Crippen LogP contribution in [0.3, 0.4) is 0 Å². The van der Waals surface area contributed by atoms with E-state index in [1.807, 2.05) is 0 Å². The molecule has 1 aromatic carbocycles. The van der Waals surface area contributed by atoms with Gasteiger partial charge in [-0.1, -0.05) is 24.3 Å². The van der Waals surface area contributed by atoms with Crippen molar-refractivity contribution in [3.05, 3.63) is 57.4 Å². The van der Waals surface area contributed by atoms with Crippen molar-refractivity contribution in [2.75, 3.05) is 0 Å². The summed E-state index contributed by atoms with van der Waals surface area (Å²) in [5, 5.41) is 8.77. The minimum atomic E-state index is -0.462. The molecule has 0 atom stereocenters. The third kappa shape index (κ3) is 1.16. The lowest BCUT2D eigenvalue weighted by Crippen LogP contribution is -2.12. The number of nitrogens with zero attached hydrogens (tertiary/aromatic N) is 1. The lowest BCUT2D eigenvalue weighted by atomic mass is 10.1. The molecule has 0 amide bonds. The number of fused-ring (bicyclic) bond motifs is 3. The molecular formula is C13H6N2O2. The standard InChI is InChI=1S/C13H6N2O2/c14-6-7-5-10-11(15-13(7)17)8-3-1-2-4-9(8)12(10)16/h1-5H,(H,15,17). The van der Waals surface area contributed by atoms with E-state index >= 15 is 0 Å². The predicted octanol–water partition coefficient (Wildman–Crippen LogP) is 1.46. The summed E-state index contributed by atoms with van der Waals surface area (Å²) in [4.78, 5) is 26.2. The van der Waals surface area contributed by atoms with Crippen molar-refractivity contribution in [1.29, 1.82) is 5.26 Å². The van der Waals surface area contributed by atoms with Gasteiger partial charge < -0.3 is 4.98 Å². The van der Waals surface area contributed by atoms with Crippen molar-refractivity contribution in [3.63, 3.8) is 0 Å². The molecule has 0 spiro atoms. The number of hydrogen-bond donors (Lipinski definition) is 1. The van der Waals surface area contributed by atoms with Gasteiger partial charge in [-0.25, -0.2) is 0 Å². The van der Waals surface area contributed by atoms with Crippen molar-refractivity contribution >= 4 is 5.78 Å². The summed E-state index contributed by atoms with van der Waals surface area (Å²) in [7, 11) is 0. The van der Waals surface area contributed by atoms with E-state index in [9.17, 15) is 9.59 Å². The van der Waals surface area contributed by atoms with Gasteiger partial charge >= 0.3 is 0 Å². The fourth-order valence-electron chi connectivity index (χ4n) is 2.05. The van der Waals surface area contributed by atoms with Crippen LogP contribution in [0.25, 0.3) is 11.3 Å². The zero-order valence-corrected chi connectivity index (χ0v) is 8.65. The fourth-order valence-corrected chi connectivity index (χ4v) is 2.05. The van der Waals surface area contributed by atoms with E-state index in [2.05, 4.69) is 4.98 Å². The van der Waals surface area contributed by atoms with Crippen LogP contribution in [0.2, 0.25) is 0 Å². The number of rotatable bonds is 0. The molecule has 1 N–H and O–H groups in total. The van der Waals surface area contributed by atoms with Crippen LogP contribution in [0.15, 0.2) is 35.1 Å². The Bertz CT molecular complexity index is 751. The van der Waals surface area contributed by atoms with Gasteiger partial charge in [0.25, 0.3) is 5.56 Å². The maximum absolute atomic E-state index is 12.0. The van der Waals surface area contributed by atoms with Gasteiger partial charge in [-0.15, -0.1) is 0 Å². The number of nitriles is 1. The number of H-pyrrole nitrogens is 1. The molecule has 0 unspecified atom stereocenters. The van der Waals surface area contributed by atoms with Crippen LogP contribution in [0, 0.1) is 11.3 Å². The number of hydrogen-bond acceptors (Lipinski definition) is 3. The average molecular weight is 222 g/mol. The van der Waals surface area contributed by atoms with Crippen molar-refractivity contribution in [3.8, 4) is 17.3 Å². The monoisotopic (exact) mass is 222 g/mol. The second-order valence-electron chi connectivity index (χ2n) is 3.79. The Morgan fingerprint density at radius 2 is 1.76 bits per heavy atom. The molecule has 0 saturated heterocycles. The highest BCUT2D eigenvalue weighted by Crippen LogP contribution is 2.33. The van der Waals surface area contributed by atoms with Gasteiger partial charge in [0.1, 0.15) is 11.6 Å². The van der Waals surface area contributed by atoms with Gasteiger partial charge in [-0.3, -0.25) is 9.59 Å². The van der Waals surface area contributed by atoms with Crippen molar-refractivity contribution in [2.24, 2.45) is 0 Å². The number of nitrogens with one attached hydrogen (secondary N) is 1. The third-order valence-electron chi connectivity index (χ3n) is 2.85. The Balaban J connectivity index is 2.41. The molecule has 4 nitrogen and oxygen atoms in total. The summed E-state index contributed by atoms with van der Waals surface area (Å²) in [6, 6.07) is 10.2. The van der Waals surface area contributed by atoms with E-state index in [-0.39, 0.29) is 11.3 Å². The lowest BCUT2D eigenvalue weighted by Gasteiger charge is -1.98. The van der Waals surface area contributed by atoms with E-state index in [1.54, 1.807) is 30.3 Å². The average Bonchev–Trinajstić information content (AvgIpc) is 2.63. The Morgan fingerprint density at radius 3 is 2.47 bits per heavy atom. The topological polar surface area (TPSA) is 73.7 Å². The molecule has 0 saturated carbocycles. The first-order valence-electron chi connectivity index (χ1n) is 5.04. The van der Waals surface area contributed by atoms with Crippen LogP contribution in [0.4, 0.5) is 0 Å². The molecule has 1 aliphatic carbocycles. The fraction of sp³-hybridized carbons (Fsp3) is 0. The van der Waals surface area contributed by atoms with Crippen molar-refractivity contribution < 1.29 is 4.79 Å². The zero-order valence-electron chi connectivity index (χ0n) is 8.65. The Labute approximate surface area is 96.1 Å². The third-order valence-corrected chi connectivity index (χ3v) is 2.85. The molecule has 4 heteroatoms. The molecule has 0 aliphatic heterocycles. The van der Waals surface area contributed by atoms with Gasteiger partial charge in [-0.2, -0.15) is 5.26 Å². The summed E-state index contributed by atoms with van der Waals surface area (Å²) < 4.78 is 0. The highest BCUT2D eigenvalue weighted by Gasteiger charge is 2.27. The smallest absolute Gasteiger partial charge is 0.266 e. The van der Waals surface area contributed by atoms with Crippen LogP contribution >= 0.6 is 0 Å². The van der Waals surface area contributed by atoms with E-state index in [0.29, 0.717) is 22.4 Å². The highest BCUT2D eigenvalue weighted by molar-refractivity contribution is 6.21. The van der Waals surface area contributed by atoms with Gasteiger partial charge in [0.05, 0.1) is 5.69 Å². The second-order valence-corrected chi connectivity index (χ2v) is 3.79. The molecule has 1 heterocycles. The number of carbonyl (C=O) groups is 1. The number of aromatic nitrogens is 1. The van der Waals surface area contributed by atoms with Crippen LogP contribution < -0.4 is 5.56 Å². The Morgan fingerprint density at radius 1 is 1.06 bits per heavy atom. The lowest BCUT2D eigenvalue weighted by molar-refractivity contribution is 0.104. The number of ketones is 1. The summed E-state index contributed by atoms with van der Waals surface area (Å²) in [5.74, 6) is -0.150. The molecule has 0 bridgehead atoms. The molecule has 2 aromatic rings. The summed E-state index contributed by atoms with van der Waals surface area (Å²) in [6.45, 7) is 0. The Kier molecular flexibility index (Phi) is 1.77.